The first-order valence-corrected chi connectivity index (χ1v) is 21.8. The van der Waals surface area contributed by atoms with E-state index in [0.717, 1.165) is 11.2 Å². The fourth-order valence-corrected chi connectivity index (χ4v) is 7.61. The van der Waals surface area contributed by atoms with Crippen LogP contribution in [0.2, 0.25) is 0 Å². The highest BCUT2D eigenvalue weighted by Gasteiger charge is 2.45. The van der Waals surface area contributed by atoms with Crippen LogP contribution < -0.4 is 27.0 Å². The molecular weight excluding hydrogens is 920 g/mol. The van der Waals surface area contributed by atoms with Crippen molar-refractivity contribution >= 4 is 58.5 Å². The van der Waals surface area contributed by atoms with Crippen molar-refractivity contribution in [2.24, 2.45) is 5.73 Å². The smallest absolute Gasteiger partial charge is 0.405 e. The highest BCUT2D eigenvalue weighted by molar-refractivity contribution is 6.25. The summed E-state index contributed by atoms with van der Waals surface area (Å²) in [6, 6.07) is 6.26. The van der Waals surface area contributed by atoms with Gasteiger partial charge in [-0.15, -0.1) is 0 Å². The number of alkyl halides is 3. The van der Waals surface area contributed by atoms with Gasteiger partial charge in [0, 0.05) is 49.7 Å². The number of likely N-dealkylation sites (tertiary alicyclic amines) is 1. The number of nitrogens with one attached hydrogen (secondary N) is 4. The topological polar surface area (TPSA) is 294 Å². The first-order chi connectivity index (χ1) is 33.2. The van der Waals surface area contributed by atoms with Gasteiger partial charge in [0.2, 0.25) is 23.6 Å². The van der Waals surface area contributed by atoms with E-state index in [1.165, 1.54) is 35.3 Å². The molecule has 3 aliphatic heterocycles. The van der Waals surface area contributed by atoms with Crippen LogP contribution in [0.15, 0.2) is 53.4 Å². The summed E-state index contributed by atoms with van der Waals surface area (Å²) in [6.45, 7) is 1.49. The number of halogens is 3. The van der Waals surface area contributed by atoms with Crippen LogP contribution in [0.4, 0.5) is 30.4 Å². The van der Waals surface area contributed by atoms with Gasteiger partial charge in [0.25, 0.3) is 23.6 Å². The lowest BCUT2D eigenvalue weighted by Crippen LogP contribution is -2.54. The number of oxazole rings is 1. The molecule has 6 heterocycles. The van der Waals surface area contributed by atoms with Crippen molar-refractivity contribution in [1.82, 2.24) is 34.9 Å². The van der Waals surface area contributed by atoms with Gasteiger partial charge in [-0.2, -0.15) is 18.3 Å². The molecule has 2 saturated heterocycles. The number of carbonyl (C=O) groups excluding carboxylic acids is 7. The second kappa shape index (κ2) is 22.7. The number of nitrogens with zero attached hydrogens (tertiary/aromatic N) is 6. The van der Waals surface area contributed by atoms with E-state index in [9.17, 15) is 46.7 Å². The number of anilines is 3. The van der Waals surface area contributed by atoms with Gasteiger partial charge in [-0.3, -0.25) is 48.5 Å². The minimum atomic E-state index is -4.46. The van der Waals surface area contributed by atoms with Crippen molar-refractivity contribution in [1.29, 1.82) is 0 Å². The maximum Gasteiger partial charge on any atom is 0.405 e. The highest BCUT2D eigenvalue weighted by atomic mass is 19.4. The lowest BCUT2D eigenvalue weighted by atomic mass is 10.0. The van der Waals surface area contributed by atoms with Crippen LogP contribution in [0.1, 0.15) is 73.4 Å². The Kier molecular flexibility index (Phi) is 16.3. The predicted molar refractivity (Wildman–Crippen MR) is 233 cm³/mol. The van der Waals surface area contributed by atoms with Crippen LogP contribution >= 0.6 is 0 Å². The number of aromatic nitrogens is 4. The van der Waals surface area contributed by atoms with Gasteiger partial charge in [-0.1, -0.05) is 6.07 Å². The minimum absolute atomic E-state index is 0.0218. The number of primary amides is 1. The lowest BCUT2D eigenvalue weighted by Gasteiger charge is -2.32. The number of hydrogen-bond donors (Lipinski definition) is 5. The van der Waals surface area contributed by atoms with Crippen LogP contribution in [0.3, 0.4) is 0 Å². The van der Waals surface area contributed by atoms with Gasteiger partial charge in [-0.25, -0.2) is 9.97 Å². The number of nitrogens with two attached hydrogens (primary N) is 1. The molecule has 0 bridgehead atoms. The Hall–Kier alpha value is -7.29. The summed E-state index contributed by atoms with van der Waals surface area (Å²) in [7, 11) is 0. The molecular formula is C43H48F3N11O12. The largest absolute Gasteiger partial charge is 0.444 e. The van der Waals surface area contributed by atoms with E-state index < -0.39 is 54.2 Å². The number of carbonyl (C=O) groups is 7. The molecule has 69 heavy (non-hydrogen) atoms. The number of pyridine rings is 1. The van der Waals surface area contributed by atoms with Crippen LogP contribution in [0.5, 0.6) is 0 Å². The molecule has 26 heteroatoms. The molecule has 1 aromatic carbocycles. The lowest BCUT2D eigenvalue weighted by molar-refractivity contribution is -0.138. The third-order valence-corrected chi connectivity index (χ3v) is 11.0. The third kappa shape index (κ3) is 12.8. The molecule has 1 atom stereocenters. The predicted octanol–water partition coefficient (Wildman–Crippen LogP) is 2.00. The first-order valence-electron chi connectivity index (χ1n) is 21.8. The molecule has 7 amide bonds. The highest BCUT2D eigenvalue weighted by Crippen LogP contribution is 2.33. The summed E-state index contributed by atoms with van der Waals surface area (Å²) >= 11 is 0. The second-order valence-corrected chi connectivity index (χ2v) is 15.7. The Bertz CT molecular complexity index is 2540. The van der Waals surface area contributed by atoms with Crippen molar-refractivity contribution in [2.45, 2.75) is 43.9 Å². The maximum atomic E-state index is 13.2. The number of fused-ring (bicyclic) bond motifs is 1. The zero-order chi connectivity index (χ0) is 49.1. The normalized spacial score (nSPS) is 16.4. The molecule has 0 saturated carbocycles. The Morgan fingerprint density at radius 3 is 2.29 bits per heavy atom. The van der Waals surface area contributed by atoms with Crippen molar-refractivity contribution in [3.8, 4) is 11.5 Å². The fraction of sp³-hybridized carbons (Fsp3) is 0.442. The standard InChI is InChI=1S/C43H48F3N11O12/c44-43(45,46)24-50-32-20-25(6-9-49-32)40-52-30(22-69-40)38(61)51-29-21-56(54-36(29)37(47)60)26-7-11-55(12-8-26)34(59)23-68-19-18-67-17-16-66-15-14-65-13-10-48-28-3-1-2-27-35(28)42(64)57(41(27)63)31-4-5-33(58)53-39(31)62/h1-3,6,9,20-22,26,31,48H,4-5,7-8,10-19,23-24H2,(H2,47,60)(H,49,50)(H,51,61)(H,53,58,62). The van der Waals surface area contributed by atoms with Crippen molar-refractivity contribution in [3.63, 3.8) is 0 Å². The number of amides is 7. The van der Waals surface area contributed by atoms with Gasteiger partial charge in [0.15, 0.2) is 11.4 Å². The molecule has 368 valence electrons. The number of piperidine rings is 2. The molecule has 2 fully saturated rings. The van der Waals surface area contributed by atoms with Crippen LogP contribution in [0.25, 0.3) is 11.5 Å². The summed E-state index contributed by atoms with van der Waals surface area (Å²) in [6.07, 6.45) is 0.371. The third-order valence-electron chi connectivity index (χ3n) is 11.0. The van der Waals surface area contributed by atoms with Crippen LogP contribution in [-0.4, -0.2) is 162 Å². The van der Waals surface area contributed by atoms with E-state index >= 15 is 0 Å². The quantitative estimate of drug-likeness (QED) is 0.0525. The van der Waals surface area contributed by atoms with E-state index in [2.05, 4.69) is 36.3 Å². The van der Waals surface area contributed by atoms with Crippen LogP contribution in [-0.2, 0) is 33.3 Å². The summed E-state index contributed by atoms with van der Waals surface area (Å²) < 4.78 is 66.9. The Morgan fingerprint density at radius 2 is 1.59 bits per heavy atom. The van der Waals surface area contributed by atoms with Gasteiger partial charge >= 0.3 is 6.18 Å². The van der Waals surface area contributed by atoms with E-state index in [0.29, 0.717) is 58.0 Å². The van der Waals surface area contributed by atoms with E-state index in [4.69, 9.17) is 29.1 Å². The van der Waals surface area contributed by atoms with E-state index in [-0.39, 0.29) is 103 Å². The van der Waals surface area contributed by atoms with E-state index in [1.807, 2.05) is 0 Å². The molecule has 0 spiro atoms. The van der Waals surface area contributed by atoms with Crippen molar-refractivity contribution < 1.29 is 70.1 Å². The summed E-state index contributed by atoms with van der Waals surface area (Å²) in [5.41, 5.74) is 6.23. The van der Waals surface area contributed by atoms with Gasteiger partial charge in [-0.05, 0) is 43.5 Å². The minimum Gasteiger partial charge on any atom is -0.444 e. The van der Waals surface area contributed by atoms with Gasteiger partial charge < -0.3 is 49.9 Å². The molecule has 3 aromatic heterocycles. The van der Waals surface area contributed by atoms with Gasteiger partial charge in [0.05, 0.1) is 69.1 Å². The average molecular weight is 968 g/mol. The monoisotopic (exact) mass is 967 g/mol. The second-order valence-electron chi connectivity index (χ2n) is 15.7. The maximum absolute atomic E-state index is 13.2. The molecule has 7 rings (SSSR count). The Labute approximate surface area is 390 Å². The molecule has 23 nitrogen and oxygen atoms in total. The molecule has 1 unspecified atom stereocenters. The first kappa shape index (κ1) is 49.6. The average Bonchev–Trinajstić information content (AvgIpc) is 4.06. The summed E-state index contributed by atoms with van der Waals surface area (Å²) in [5.74, 6) is -4.31. The molecule has 4 aromatic rings. The number of imide groups is 2. The number of benzene rings is 1. The SMILES string of the molecule is NC(=O)c1nn(C2CCN(C(=O)COCCOCCOCCOCCNc3cccc4c3C(=O)N(C3CCC(=O)NC3=O)C4=O)CC2)cc1NC(=O)c1coc(-c2ccnc(NCC(F)(F)F)c2)n1. The van der Waals surface area contributed by atoms with Crippen LogP contribution in [0, 0.1) is 0 Å². The molecule has 6 N–H and O–H groups in total. The fourth-order valence-electron chi connectivity index (χ4n) is 7.61. The Morgan fingerprint density at radius 1 is 0.884 bits per heavy atom. The molecule has 0 radical (unpaired) electrons. The number of hydrogen-bond acceptors (Lipinski definition) is 17. The van der Waals surface area contributed by atoms with Gasteiger partial charge in [0.1, 0.15) is 31.3 Å². The number of ether oxygens (including phenoxy) is 4. The summed E-state index contributed by atoms with van der Waals surface area (Å²) in [4.78, 5) is 98.8. The van der Waals surface area contributed by atoms with E-state index in [1.54, 1.807) is 17.0 Å². The zero-order valence-electron chi connectivity index (χ0n) is 36.9. The summed E-state index contributed by atoms with van der Waals surface area (Å²) in [5, 5.41) is 14.3. The molecule has 0 aliphatic carbocycles. The molecule has 3 aliphatic rings. The van der Waals surface area contributed by atoms with Crippen molar-refractivity contribution in [2.75, 3.05) is 95.0 Å². The zero-order valence-corrected chi connectivity index (χ0v) is 36.9. The van der Waals surface area contributed by atoms with Crippen molar-refractivity contribution in [3.05, 3.63) is 71.5 Å². The number of rotatable bonds is 23. The Balaban J connectivity index is 0.730.